The normalized spacial score (nSPS) is 10.9. The molecular formula is C21H20N4O3. The topological polar surface area (TPSA) is 82.0 Å². The van der Waals surface area contributed by atoms with Crippen LogP contribution >= 0.6 is 0 Å². The molecule has 0 aliphatic rings. The van der Waals surface area contributed by atoms with Gasteiger partial charge in [-0.2, -0.15) is 5.10 Å². The number of aromatic nitrogens is 4. The van der Waals surface area contributed by atoms with Crippen molar-refractivity contribution >= 4 is 11.0 Å². The second-order valence-electron chi connectivity index (χ2n) is 6.25. The number of aryl methyl sites for hydroxylation is 1. The summed E-state index contributed by atoms with van der Waals surface area (Å²) in [4.78, 5) is 19.9. The molecule has 4 rings (SSSR count). The zero-order chi connectivity index (χ0) is 19.5. The van der Waals surface area contributed by atoms with Crippen LogP contribution in [0.1, 0.15) is 12.5 Å². The highest BCUT2D eigenvalue weighted by atomic mass is 16.5. The Kier molecular flexibility index (Phi) is 4.80. The summed E-state index contributed by atoms with van der Waals surface area (Å²) in [5.41, 5.74) is 2.61. The molecule has 0 spiro atoms. The fourth-order valence-electron chi connectivity index (χ4n) is 3.05. The molecule has 0 saturated heterocycles. The van der Waals surface area contributed by atoms with Gasteiger partial charge in [0.25, 0.3) is 5.56 Å². The lowest BCUT2D eigenvalue weighted by Crippen LogP contribution is -2.13. The van der Waals surface area contributed by atoms with E-state index in [9.17, 15) is 4.79 Å². The molecule has 0 amide bonds. The number of hydrogen-bond acceptors (Lipinski definition) is 5. The van der Waals surface area contributed by atoms with E-state index in [1.807, 2.05) is 49.4 Å². The van der Waals surface area contributed by atoms with E-state index in [2.05, 4.69) is 15.1 Å². The van der Waals surface area contributed by atoms with Gasteiger partial charge < -0.3 is 14.5 Å². The molecule has 0 unspecified atom stereocenters. The summed E-state index contributed by atoms with van der Waals surface area (Å²) in [6.07, 6.45) is 1.60. The van der Waals surface area contributed by atoms with Gasteiger partial charge in [0, 0.05) is 12.1 Å². The number of methoxy groups -OCH3 is 1. The van der Waals surface area contributed by atoms with Gasteiger partial charge in [0.05, 0.1) is 13.3 Å². The average molecular weight is 376 g/mol. The van der Waals surface area contributed by atoms with Crippen molar-refractivity contribution in [2.24, 2.45) is 0 Å². The molecule has 2 aromatic carbocycles. The van der Waals surface area contributed by atoms with Crippen LogP contribution in [0.4, 0.5) is 0 Å². The maximum absolute atomic E-state index is 12.5. The highest BCUT2D eigenvalue weighted by Gasteiger charge is 2.13. The Morgan fingerprint density at radius 3 is 2.68 bits per heavy atom. The maximum atomic E-state index is 12.5. The Morgan fingerprint density at radius 2 is 1.93 bits per heavy atom. The van der Waals surface area contributed by atoms with Crippen molar-refractivity contribution in [2.75, 3.05) is 7.11 Å². The first-order valence-electron chi connectivity index (χ1n) is 9.00. The number of aromatic amines is 1. The summed E-state index contributed by atoms with van der Waals surface area (Å²) >= 11 is 0. The molecule has 7 nitrogen and oxygen atoms in total. The van der Waals surface area contributed by atoms with Crippen molar-refractivity contribution in [2.45, 2.75) is 20.1 Å². The Balaban J connectivity index is 1.65. The van der Waals surface area contributed by atoms with Crippen LogP contribution in [0.25, 0.3) is 22.4 Å². The molecule has 0 atom stereocenters. The van der Waals surface area contributed by atoms with E-state index in [1.54, 1.807) is 24.1 Å². The summed E-state index contributed by atoms with van der Waals surface area (Å²) in [7, 11) is 1.58. The monoisotopic (exact) mass is 376 g/mol. The van der Waals surface area contributed by atoms with E-state index < -0.39 is 0 Å². The maximum Gasteiger partial charge on any atom is 0.277 e. The molecule has 0 aliphatic heterocycles. The number of hydrogen-bond donors (Lipinski definition) is 1. The predicted octanol–water partition coefficient (Wildman–Crippen LogP) is 3.39. The SMILES string of the molecule is CCn1ncc2nc(-c3ccc(OCc4ccccc4)c(OC)c3)[nH]c(=O)c21. The van der Waals surface area contributed by atoms with Crippen LogP contribution in [0.15, 0.2) is 59.5 Å². The van der Waals surface area contributed by atoms with E-state index >= 15 is 0 Å². The lowest BCUT2D eigenvalue weighted by molar-refractivity contribution is 0.284. The third-order valence-electron chi connectivity index (χ3n) is 4.47. The van der Waals surface area contributed by atoms with Gasteiger partial charge >= 0.3 is 0 Å². The van der Waals surface area contributed by atoms with E-state index in [0.717, 1.165) is 11.1 Å². The number of benzene rings is 2. The molecule has 0 bridgehead atoms. The lowest BCUT2D eigenvalue weighted by Gasteiger charge is -2.12. The Bertz CT molecular complexity index is 1170. The van der Waals surface area contributed by atoms with Gasteiger partial charge in [-0.25, -0.2) is 4.98 Å². The van der Waals surface area contributed by atoms with Crippen molar-refractivity contribution in [3.8, 4) is 22.9 Å². The van der Waals surface area contributed by atoms with Crippen molar-refractivity contribution in [1.29, 1.82) is 0 Å². The highest BCUT2D eigenvalue weighted by Crippen LogP contribution is 2.32. The zero-order valence-corrected chi connectivity index (χ0v) is 15.7. The molecule has 2 heterocycles. The summed E-state index contributed by atoms with van der Waals surface area (Å²) in [5, 5.41) is 4.20. The average Bonchev–Trinajstić information content (AvgIpc) is 3.16. The third-order valence-corrected chi connectivity index (χ3v) is 4.47. The summed E-state index contributed by atoms with van der Waals surface area (Å²) in [6, 6.07) is 15.4. The predicted molar refractivity (Wildman–Crippen MR) is 107 cm³/mol. The van der Waals surface area contributed by atoms with Crippen molar-refractivity contribution < 1.29 is 9.47 Å². The summed E-state index contributed by atoms with van der Waals surface area (Å²) < 4.78 is 13.0. The Morgan fingerprint density at radius 1 is 1.11 bits per heavy atom. The Hall–Kier alpha value is -3.61. The van der Waals surface area contributed by atoms with Crippen LogP contribution in [0, 0.1) is 0 Å². The molecule has 0 fully saturated rings. The largest absolute Gasteiger partial charge is 0.493 e. The van der Waals surface area contributed by atoms with E-state index in [0.29, 0.717) is 41.5 Å². The second-order valence-corrected chi connectivity index (χ2v) is 6.25. The lowest BCUT2D eigenvalue weighted by atomic mass is 10.2. The zero-order valence-electron chi connectivity index (χ0n) is 15.7. The molecule has 28 heavy (non-hydrogen) atoms. The first-order chi connectivity index (χ1) is 13.7. The molecule has 142 valence electrons. The van der Waals surface area contributed by atoms with Crippen LogP contribution in [0.2, 0.25) is 0 Å². The van der Waals surface area contributed by atoms with E-state index in [4.69, 9.17) is 9.47 Å². The first-order valence-corrected chi connectivity index (χ1v) is 9.00. The van der Waals surface area contributed by atoms with Gasteiger partial charge in [-0.05, 0) is 30.7 Å². The van der Waals surface area contributed by atoms with Crippen LogP contribution in [0.5, 0.6) is 11.5 Å². The number of nitrogens with zero attached hydrogens (tertiary/aromatic N) is 3. The number of H-pyrrole nitrogens is 1. The molecule has 0 radical (unpaired) electrons. The smallest absolute Gasteiger partial charge is 0.277 e. The standard InChI is InChI=1S/C21H20N4O3/c1-3-25-19-16(12-22-25)23-20(24-21(19)26)15-9-10-17(18(11-15)27-2)28-13-14-7-5-4-6-8-14/h4-12H,3,13H2,1-2H3,(H,23,24,26). The third kappa shape index (κ3) is 3.34. The number of rotatable bonds is 6. The molecule has 4 aromatic rings. The minimum absolute atomic E-state index is 0.220. The molecule has 0 saturated carbocycles. The van der Waals surface area contributed by atoms with Crippen molar-refractivity contribution in [3.05, 3.63) is 70.6 Å². The Labute approximate surface area is 161 Å². The molecule has 0 aliphatic carbocycles. The molecular weight excluding hydrogens is 356 g/mol. The molecule has 7 heteroatoms. The second kappa shape index (κ2) is 7.56. The molecule has 2 aromatic heterocycles. The van der Waals surface area contributed by atoms with Gasteiger partial charge in [-0.15, -0.1) is 0 Å². The summed E-state index contributed by atoms with van der Waals surface area (Å²) in [6.45, 7) is 2.97. The minimum atomic E-state index is -0.220. The van der Waals surface area contributed by atoms with Crippen molar-refractivity contribution in [1.82, 2.24) is 19.7 Å². The van der Waals surface area contributed by atoms with Gasteiger partial charge in [0.1, 0.15) is 17.9 Å². The number of nitrogens with one attached hydrogen (secondary N) is 1. The van der Waals surface area contributed by atoms with Crippen LogP contribution in [-0.4, -0.2) is 26.9 Å². The first kappa shape index (κ1) is 17.8. The van der Waals surface area contributed by atoms with Gasteiger partial charge in [0.15, 0.2) is 17.0 Å². The summed E-state index contributed by atoms with van der Waals surface area (Å²) in [5.74, 6) is 1.65. The van der Waals surface area contributed by atoms with Crippen LogP contribution < -0.4 is 15.0 Å². The highest BCUT2D eigenvalue weighted by molar-refractivity contribution is 5.76. The number of fused-ring (bicyclic) bond motifs is 1. The van der Waals surface area contributed by atoms with Crippen LogP contribution in [0.3, 0.4) is 0 Å². The van der Waals surface area contributed by atoms with Crippen LogP contribution in [-0.2, 0) is 13.2 Å². The van der Waals surface area contributed by atoms with Gasteiger partial charge in [-0.3, -0.25) is 9.48 Å². The van der Waals surface area contributed by atoms with E-state index in [-0.39, 0.29) is 5.56 Å². The molecule has 1 N–H and O–H groups in total. The van der Waals surface area contributed by atoms with E-state index in [1.165, 1.54) is 0 Å². The van der Waals surface area contributed by atoms with Gasteiger partial charge in [0.2, 0.25) is 0 Å². The van der Waals surface area contributed by atoms with Crippen molar-refractivity contribution in [3.63, 3.8) is 0 Å². The van der Waals surface area contributed by atoms with Gasteiger partial charge in [-0.1, -0.05) is 30.3 Å². The number of ether oxygens (including phenoxy) is 2. The minimum Gasteiger partial charge on any atom is -0.493 e. The quantitative estimate of drug-likeness (QED) is 0.558. The fourth-order valence-corrected chi connectivity index (χ4v) is 3.05. The fraction of sp³-hybridized carbons (Fsp3) is 0.190.